The lowest BCUT2D eigenvalue weighted by Crippen LogP contribution is -2.34. The molecule has 3 amide bonds. The summed E-state index contributed by atoms with van der Waals surface area (Å²) in [6.45, 7) is 2.75. The van der Waals surface area contributed by atoms with E-state index in [1.165, 1.54) is 12.1 Å². The molecule has 0 bridgehead atoms. The van der Waals surface area contributed by atoms with Gasteiger partial charge < -0.3 is 26.2 Å². The molecule has 0 unspecified atom stereocenters. The molecule has 33 heavy (non-hydrogen) atoms. The topological polar surface area (TPSA) is 179 Å². The van der Waals surface area contributed by atoms with Crippen LogP contribution in [0.2, 0.25) is 0 Å². The molecule has 0 fully saturated rings. The molecule has 0 aliphatic rings. The van der Waals surface area contributed by atoms with Crippen LogP contribution in [0, 0.1) is 6.92 Å². The van der Waals surface area contributed by atoms with Gasteiger partial charge in [-0.1, -0.05) is 17.7 Å². The van der Waals surface area contributed by atoms with E-state index in [2.05, 4.69) is 16.0 Å². The monoisotopic (exact) mass is 455 g/mol. The first-order chi connectivity index (χ1) is 15.5. The van der Waals surface area contributed by atoms with Crippen molar-refractivity contribution in [1.29, 1.82) is 0 Å². The van der Waals surface area contributed by atoms with Crippen LogP contribution in [0.4, 0.5) is 5.69 Å². The zero-order valence-electron chi connectivity index (χ0n) is 18.2. The molecular weight excluding hydrogens is 434 g/mol. The largest absolute Gasteiger partial charge is 0.478 e. The molecule has 0 heterocycles. The molecule has 172 valence electrons. The van der Waals surface area contributed by atoms with Gasteiger partial charge >= 0.3 is 11.9 Å². The third-order valence-corrected chi connectivity index (χ3v) is 4.72. The minimum Gasteiger partial charge on any atom is -0.478 e. The molecular formula is C22H21N3O8. The van der Waals surface area contributed by atoms with Gasteiger partial charge in [0.1, 0.15) is 0 Å². The Balaban J connectivity index is 3.09. The first-order valence-corrected chi connectivity index (χ1v) is 9.49. The zero-order valence-corrected chi connectivity index (χ0v) is 18.2. The Labute approximate surface area is 187 Å². The number of hydrogen-bond acceptors (Lipinski definition) is 6. The first-order valence-electron chi connectivity index (χ1n) is 9.49. The van der Waals surface area contributed by atoms with E-state index >= 15 is 0 Å². The summed E-state index contributed by atoms with van der Waals surface area (Å²) in [7, 11) is 2.26. The van der Waals surface area contributed by atoms with E-state index in [4.69, 9.17) is 0 Å². The zero-order chi connectivity index (χ0) is 25.0. The molecule has 0 aliphatic heterocycles. The molecule has 2 aromatic carbocycles. The highest BCUT2D eigenvalue weighted by molar-refractivity contribution is 6.27. The molecule has 0 saturated heterocycles. The summed E-state index contributed by atoms with van der Waals surface area (Å²) in [6.07, 6.45) is 0. The minimum atomic E-state index is -1.84. The smallest absolute Gasteiger partial charge is 0.337 e. The number of carboxylic acid groups (broad SMARTS) is 2. The molecule has 0 atom stereocenters. The van der Waals surface area contributed by atoms with Crippen LogP contribution >= 0.6 is 0 Å². The lowest BCUT2D eigenvalue weighted by atomic mass is 9.83. The maximum Gasteiger partial charge on any atom is 0.337 e. The predicted octanol–water partition coefficient (Wildman–Crippen LogP) is 1.57. The van der Waals surface area contributed by atoms with Gasteiger partial charge in [0.05, 0.1) is 27.8 Å². The molecule has 0 saturated carbocycles. The predicted molar refractivity (Wildman–Crippen MR) is 116 cm³/mol. The number of aryl methyl sites for hydroxylation is 1. The van der Waals surface area contributed by atoms with Crippen LogP contribution in [-0.4, -0.2) is 59.8 Å². The molecule has 0 aliphatic carbocycles. The molecule has 2 rings (SSSR count). The SMILES string of the molecule is CNC(=O)c1c(C(C)=O)c(C(=O)Nc2ccc(C)cc2)c(C(=O)O)c(C(=O)NC)c1C(=O)O. The summed E-state index contributed by atoms with van der Waals surface area (Å²) < 4.78 is 0. The fraction of sp³-hybridized carbons (Fsp3) is 0.182. The Morgan fingerprint density at radius 2 is 1.03 bits per heavy atom. The first kappa shape index (κ1) is 24.7. The van der Waals surface area contributed by atoms with Gasteiger partial charge in [-0.2, -0.15) is 0 Å². The Morgan fingerprint density at radius 3 is 1.39 bits per heavy atom. The van der Waals surface area contributed by atoms with Crippen LogP contribution in [-0.2, 0) is 0 Å². The molecule has 0 spiro atoms. The summed E-state index contributed by atoms with van der Waals surface area (Å²) in [6, 6.07) is 6.37. The minimum absolute atomic E-state index is 0.238. The van der Waals surface area contributed by atoms with Gasteiger partial charge in [0.15, 0.2) is 5.78 Å². The molecule has 2 aromatic rings. The highest BCUT2D eigenvalue weighted by Gasteiger charge is 2.39. The number of anilines is 1. The third-order valence-electron chi connectivity index (χ3n) is 4.72. The van der Waals surface area contributed by atoms with Gasteiger partial charge in [-0.25, -0.2) is 9.59 Å². The third kappa shape index (κ3) is 4.71. The number of carbonyl (C=O) groups is 6. The van der Waals surface area contributed by atoms with E-state index in [9.17, 15) is 39.0 Å². The number of ketones is 1. The second-order valence-corrected chi connectivity index (χ2v) is 6.89. The highest BCUT2D eigenvalue weighted by Crippen LogP contribution is 2.31. The van der Waals surface area contributed by atoms with Crippen LogP contribution in [0.1, 0.15) is 74.6 Å². The second kappa shape index (κ2) is 9.73. The van der Waals surface area contributed by atoms with Gasteiger partial charge in [-0.05, 0) is 26.0 Å². The van der Waals surface area contributed by atoms with Crippen molar-refractivity contribution in [3.05, 3.63) is 63.2 Å². The summed E-state index contributed by atoms with van der Waals surface area (Å²) >= 11 is 0. The normalized spacial score (nSPS) is 10.2. The summed E-state index contributed by atoms with van der Waals surface area (Å²) in [4.78, 5) is 75.3. The Hall–Kier alpha value is -4.54. The number of rotatable bonds is 7. The average molecular weight is 455 g/mol. The van der Waals surface area contributed by atoms with Gasteiger partial charge in [0, 0.05) is 25.3 Å². The van der Waals surface area contributed by atoms with Crippen LogP contribution in [0.5, 0.6) is 0 Å². The number of Topliss-reactive ketones (excluding diaryl/α,β-unsaturated/α-hetero) is 1. The fourth-order valence-corrected chi connectivity index (χ4v) is 3.29. The van der Waals surface area contributed by atoms with Crippen molar-refractivity contribution in [1.82, 2.24) is 10.6 Å². The Morgan fingerprint density at radius 1 is 0.636 bits per heavy atom. The molecule has 0 aromatic heterocycles. The number of aromatic carboxylic acids is 2. The standard InChI is InChI=1S/C22H21N3O8/c1-9-5-7-11(8-6-9)25-20(29)14-12(10(2)26)13(18(27)23-3)16(21(30)31)15(19(28)24-4)17(14)22(32)33/h5-8H,1-4H3,(H,23,27)(H,24,28)(H,25,29)(H,30,31)(H,32,33). The number of amides is 3. The van der Waals surface area contributed by atoms with Crippen molar-refractivity contribution >= 4 is 41.1 Å². The van der Waals surface area contributed by atoms with E-state index < -0.39 is 68.8 Å². The Kier molecular flexibility index (Phi) is 7.29. The van der Waals surface area contributed by atoms with E-state index in [0.717, 1.165) is 26.6 Å². The van der Waals surface area contributed by atoms with Crippen molar-refractivity contribution in [3.8, 4) is 0 Å². The van der Waals surface area contributed by atoms with Crippen LogP contribution < -0.4 is 16.0 Å². The van der Waals surface area contributed by atoms with Gasteiger partial charge in [-0.3, -0.25) is 19.2 Å². The maximum atomic E-state index is 13.2. The van der Waals surface area contributed by atoms with E-state index in [0.29, 0.717) is 0 Å². The van der Waals surface area contributed by atoms with E-state index in [-0.39, 0.29) is 5.69 Å². The number of carbonyl (C=O) groups excluding carboxylic acids is 4. The number of nitrogens with one attached hydrogen (secondary N) is 3. The highest BCUT2D eigenvalue weighted by atomic mass is 16.4. The molecule has 11 heteroatoms. The van der Waals surface area contributed by atoms with E-state index in [1.807, 2.05) is 0 Å². The van der Waals surface area contributed by atoms with Crippen molar-refractivity contribution < 1.29 is 39.0 Å². The van der Waals surface area contributed by atoms with Gasteiger partial charge in [0.25, 0.3) is 17.7 Å². The summed E-state index contributed by atoms with van der Waals surface area (Å²) in [5.74, 6) is -8.00. The quantitative estimate of drug-likeness (QED) is 0.390. The van der Waals surface area contributed by atoms with Crippen LogP contribution in [0.3, 0.4) is 0 Å². The number of carboxylic acids is 2. The van der Waals surface area contributed by atoms with Crippen molar-refractivity contribution in [2.24, 2.45) is 0 Å². The van der Waals surface area contributed by atoms with Crippen molar-refractivity contribution in [2.75, 3.05) is 19.4 Å². The lowest BCUT2D eigenvalue weighted by molar-refractivity contribution is 0.0678. The number of hydrogen-bond donors (Lipinski definition) is 5. The fourth-order valence-electron chi connectivity index (χ4n) is 3.29. The van der Waals surface area contributed by atoms with Crippen molar-refractivity contribution in [2.45, 2.75) is 13.8 Å². The second-order valence-electron chi connectivity index (χ2n) is 6.89. The van der Waals surface area contributed by atoms with Gasteiger partial charge in [-0.15, -0.1) is 0 Å². The molecule has 0 radical (unpaired) electrons. The van der Waals surface area contributed by atoms with Gasteiger partial charge in [0.2, 0.25) is 0 Å². The number of benzene rings is 2. The van der Waals surface area contributed by atoms with Crippen LogP contribution in [0.25, 0.3) is 0 Å². The summed E-state index contributed by atoms with van der Waals surface area (Å²) in [5.41, 5.74) is -4.19. The summed E-state index contributed by atoms with van der Waals surface area (Å²) in [5, 5.41) is 26.4. The maximum absolute atomic E-state index is 13.2. The lowest BCUT2D eigenvalue weighted by Gasteiger charge is -2.20. The molecule has 5 N–H and O–H groups in total. The molecule has 11 nitrogen and oxygen atoms in total. The van der Waals surface area contributed by atoms with E-state index in [1.54, 1.807) is 19.1 Å². The Bertz CT molecular complexity index is 1140. The van der Waals surface area contributed by atoms with Crippen LogP contribution in [0.15, 0.2) is 24.3 Å². The average Bonchev–Trinajstić information content (AvgIpc) is 2.76. The van der Waals surface area contributed by atoms with Crippen molar-refractivity contribution in [3.63, 3.8) is 0 Å².